The van der Waals surface area contributed by atoms with Gasteiger partial charge in [0.1, 0.15) is 0 Å². The number of aryl methyl sites for hydroxylation is 1. The average Bonchev–Trinajstić information content (AvgIpc) is 2.69. The molecule has 1 aromatic rings. The van der Waals surface area contributed by atoms with Crippen molar-refractivity contribution in [3.05, 3.63) is 35.4 Å². The van der Waals surface area contributed by atoms with E-state index in [0.29, 0.717) is 12.6 Å². The van der Waals surface area contributed by atoms with Crippen molar-refractivity contribution in [3.8, 4) is 0 Å². The molecule has 2 fully saturated rings. The first-order chi connectivity index (χ1) is 9.69. The number of likely N-dealkylation sites (N-methyl/N-ethyl adjacent to an activating group) is 1. The number of rotatable bonds is 3. The molecule has 3 unspecified atom stereocenters. The lowest BCUT2D eigenvalue weighted by Crippen LogP contribution is -2.40. The zero-order chi connectivity index (χ0) is 14.1. The molecule has 1 aromatic carbocycles. The Bertz CT molecular complexity index is 442. The highest BCUT2D eigenvalue weighted by atomic mass is 15.3. The summed E-state index contributed by atoms with van der Waals surface area (Å²) >= 11 is 0. The quantitative estimate of drug-likeness (QED) is 0.916. The molecule has 3 atom stereocenters. The first kappa shape index (κ1) is 14.1. The summed E-state index contributed by atoms with van der Waals surface area (Å²) in [6.45, 7) is 5.20. The number of fused-ring (bicyclic) bond motifs is 2. The molecule has 3 heteroatoms. The smallest absolute Gasteiger partial charge is 0.0471 e. The fraction of sp³-hybridized carbons (Fsp3) is 0.647. The Morgan fingerprint density at radius 1 is 1.15 bits per heavy atom. The van der Waals surface area contributed by atoms with Gasteiger partial charge in [-0.2, -0.15) is 0 Å². The molecule has 2 N–H and O–H groups in total. The predicted molar refractivity (Wildman–Crippen MR) is 83.7 cm³/mol. The minimum atomic E-state index is 0.378. The number of benzene rings is 1. The van der Waals surface area contributed by atoms with Crippen LogP contribution in [0.1, 0.15) is 36.4 Å². The van der Waals surface area contributed by atoms with Crippen molar-refractivity contribution < 1.29 is 0 Å². The fourth-order valence-corrected chi connectivity index (χ4v) is 3.90. The third-order valence-corrected chi connectivity index (χ3v) is 5.31. The summed E-state index contributed by atoms with van der Waals surface area (Å²) in [6, 6.07) is 10.8. The normalized spacial score (nSPS) is 29.4. The van der Waals surface area contributed by atoms with Gasteiger partial charge in [-0.15, -0.1) is 0 Å². The molecule has 0 saturated carbocycles. The molecular weight excluding hydrogens is 246 g/mol. The van der Waals surface area contributed by atoms with Crippen LogP contribution in [-0.4, -0.2) is 48.6 Å². The van der Waals surface area contributed by atoms with E-state index >= 15 is 0 Å². The molecule has 2 aliphatic rings. The highest BCUT2D eigenvalue weighted by molar-refractivity contribution is 5.24. The Labute approximate surface area is 122 Å². The van der Waals surface area contributed by atoms with E-state index in [4.69, 9.17) is 5.73 Å². The summed E-state index contributed by atoms with van der Waals surface area (Å²) in [5.41, 5.74) is 8.79. The maximum absolute atomic E-state index is 6.10. The van der Waals surface area contributed by atoms with Crippen molar-refractivity contribution in [2.75, 3.05) is 26.7 Å². The summed E-state index contributed by atoms with van der Waals surface area (Å²) in [4.78, 5) is 5.22. The summed E-state index contributed by atoms with van der Waals surface area (Å²) in [7, 11) is 2.30. The van der Waals surface area contributed by atoms with Crippen molar-refractivity contribution in [1.29, 1.82) is 0 Å². The van der Waals surface area contributed by atoms with E-state index in [0.717, 1.165) is 12.1 Å². The molecule has 2 saturated heterocycles. The van der Waals surface area contributed by atoms with Gasteiger partial charge in [-0.25, -0.2) is 0 Å². The minimum absolute atomic E-state index is 0.378. The van der Waals surface area contributed by atoms with Gasteiger partial charge in [0.15, 0.2) is 0 Å². The zero-order valence-electron chi connectivity index (χ0n) is 12.8. The van der Waals surface area contributed by atoms with Crippen molar-refractivity contribution >= 4 is 0 Å². The van der Waals surface area contributed by atoms with Crippen LogP contribution in [0.15, 0.2) is 24.3 Å². The zero-order valence-corrected chi connectivity index (χ0v) is 12.8. The standard InChI is InChI=1S/C17H27N3/c1-13-3-5-14(6-4-13)17(11-18)20-10-9-15-7-8-16(12-20)19(15)2/h3-6,15-17H,7-12,18H2,1-2H3. The minimum Gasteiger partial charge on any atom is -0.329 e. The summed E-state index contributed by atoms with van der Waals surface area (Å²) < 4.78 is 0. The second-order valence-corrected chi connectivity index (χ2v) is 6.50. The number of hydrogen-bond acceptors (Lipinski definition) is 3. The first-order valence-electron chi connectivity index (χ1n) is 7.91. The molecule has 0 spiro atoms. The SMILES string of the molecule is Cc1ccc(C(CN)N2CCC3CCC(C2)N3C)cc1. The molecule has 110 valence electrons. The van der Waals surface area contributed by atoms with Crippen LogP contribution in [0.25, 0.3) is 0 Å². The maximum atomic E-state index is 6.10. The monoisotopic (exact) mass is 273 g/mol. The van der Waals surface area contributed by atoms with Crippen LogP contribution < -0.4 is 5.73 Å². The van der Waals surface area contributed by atoms with Gasteiger partial charge in [0.05, 0.1) is 0 Å². The lowest BCUT2D eigenvalue weighted by molar-refractivity contribution is 0.175. The Kier molecular flexibility index (Phi) is 4.11. The molecule has 0 aliphatic carbocycles. The van der Waals surface area contributed by atoms with Gasteiger partial charge in [-0.3, -0.25) is 9.80 Å². The maximum Gasteiger partial charge on any atom is 0.0471 e. The van der Waals surface area contributed by atoms with Crippen LogP contribution in [0.5, 0.6) is 0 Å². The summed E-state index contributed by atoms with van der Waals surface area (Å²) in [5, 5.41) is 0. The second-order valence-electron chi connectivity index (χ2n) is 6.50. The molecule has 2 aliphatic heterocycles. The molecular formula is C17H27N3. The van der Waals surface area contributed by atoms with E-state index in [2.05, 4.69) is 48.0 Å². The second kappa shape index (κ2) is 5.84. The molecule has 3 nitrogen and oxygen atoms in total. The van der Waals surface area contributed by atoms with Gasteiger partial charge >= 0.3 is 0 Å². The third kappa shape index (κ3) is 2.62. The lowest BCUT2D eigenvalue weighted by Gasteiger charge is -2.33. The van der Waals surface area contributed by atoms with Crippen LogP contribution in [0.3, 0.4) is 0 Å². The van der Waals surface area contributed by atoms with Crippen molar-refractivity contribution in [2.24, 2.45) is 5.73 Å². The Morgan fingerprint density at radius 2 is 1.85 bits per heavy atom. The van der Waals surface area contributed by atoms with Crippen molar-refractivity contribution in [3.63, 3.8) is 0 Å². The van der Waals surface area contributed by atoms with E-state index in [-0.39, 0.29) is 0 Å². The highest BCUT2D eigenvalue weighted by Gasteiger charge is 2.36. The van der Waals surface area contributed by atoms with Crippen LogP contribution in [-0.2, 0) is 0 Å². The van der Waals surface area contributed by atoms with Crippen LogP contribution in [0.4, 0.5) is 0 Å². The Hall–Kier alpha value is -0.900. The van der Waals surface area contributed by atoms with E-state index < -0.39 is 0 Å². The predicted octanol–water partition coefficient (Wildman–Crippen LogP) is 2.16. The van der Waals surface area contributed by atoms with Crippen LogP contribution >= 0.6 is 0 Å². The van der Waals surface area contributed by atoms with Gasteiger partial charge in [0.25, 0.3) is 0 Å². The third-order valence-electron chi connectivity index (χ3n) is 5.31. The molecule has 20 heavy (non-hydrogen) atoms. The average molecular weight is 273 g/mol. The van der Waals surface area contributed by atoms with E-state index in [1.165, 1.54) is 43.5 Å². The van der Waals surface area contributed by atoms with Gasteiger partial charge in [0.2, 0.25) is 0 Å². The molecule has 0 amide bonds. The van der Waals surface area contributed by atoms with Gasteiger partial charge in [-0.05, 0) is 38.8 Å². The molecule has 2 heterocycles. The molecule has 0 radical (unpaired) electrons. The summed E-state index contributed by atoms with van der Waals surface area (Å²) in [6.07, 6.45) is 4.02. The van der Waals surface area contributed by atoms with Gasteiger partial charge in [-0.1, -0.05) is 29.8 Å². The first-order valence-corrected chi connectivity index (χ1v) is 7.91. The number of nitrogens with zero attached hydrogens (tertiary/aromatic N) is 2. The van der Waals surface area contributed by atoms with Crippen LogP contribution in [0, 0.1) is 6.92 Å². The van der Waals surface area contributed by atoms with Crippen molar-refractivity contribution in [2.45, 2.75) is 44.3 Å². The molecule has 2 bridgehead atoms. The number of hydrogen-bond donors (Lipinski definition) is 1. The number of nitrogens with two attached hydrogens (primary N) is 1. The van der Waals surface area contributed by atoms with Crippen molar-refractivity contribution in [1.82, 2.24) is 9.80 Å². The largest absolute Gasteiger partial charge is 0.329 e. The van der Waals surface area contributed by atoms with E-state index in [9.17, 15) is 0 Å². The van der Waals surface area contributed by atoms with E-state index in [1.54, 1.807) is 0 Å². The van der Waals surface area contributed by atoms with E-state index in [1.807, 2.05) is 0 Å². The molecule has 0 aromatic heterocycles. The van der Waals surface area contributed by atoms with Gasteiger partial charge < -0.3 is 5.73 Å². The fourth-order valence-electron chi connectivity index (χ4n) is 3.90. The summed E-state index contributed by atoms with van der Waals surface area (Å²) in [5.74, 6) is 0. The Morgan fingerprint density at radius 3 is 2.55 bits per heavy atom. The Balaban J connectivity index is 1.77. The number of likely N-dealkylation sites (tertiary alicyclic amines) is 1. The lowest BCUT2D eigenvalue weighted by atomic mass is 10.0. The van der Waals surface area contributed by atoms with Gasteiger partial charge in [0, 0.05) is 37.8 Å². The van der Waals surface area contributed by atoms with Crippen LogP contribution in [0.2, 0.25) is 0 Å². The highest BCUT2D eigenvalue weighted by Crippen LogP contribution is 2.32. The topological polar surface area (TPSA) is 32.5 Å². The molecule has 3 rings (SSSR count).